The lowest BCUT2D eigenvalue weighted by Gasteiger charge is -2.39. The molecular formula is C44H80N4O20. The second-order valence-electron chi connectivity index (χ2n) is 16.7. The van der Waals surface area contributed by atoms with Crippen molar-refractivity contribution in [3.05, 3.63) is 0 Å². The molecule has 0 saturated carbocycles. The molecule has 68 heavy (non-hydrogen) atoms. The first kappa shape index (κ1) is 58.9. The number of amides is 4. The van der Waals surface area contributed by atoms with Crippen LogP contribution in [0.1, 0.15) is 79.1 Å². The molecule has 0 aromatic carbocycles. The fraction of sp³-hybridized carbons (Fsp3) is 0.909. The monoisotopic (exact) mass is 985 g/mol. The van der Waals surface area contributed by atoms with Crippen LogP contribution < -0.4 is 21.3 Å². The largest absolute Gasteiger partial charge is 0.450 e. The molecule has 4 aliphatic heterocycles. The Kier molecular flexibility index (Phi) is 27.5. The van der Waals surface area contributed by atoms with Gasteiger partial charge in [0.25, 0.3) is 0 Å². The minimum absolute atomic E-state index is 0.189. The summed E-state index contributed by atoms with van der Waals surface area (Å²) in [4.78, 5) is 48.7. The van der Waals surface area contributed by atoms with Gasteiger partial charge >= 0.3 is 24.4 Å². The number of methoxy groups -OCH3 is 8. The third-order valence-corrected chi connectivity index (χ3v) is 12.2. The quantitative estimate of drug-likeness (QED) is 0.0897. The molecule has 4 rings (SSSR count). The van der Waals surface area contributed by atoms with Crippen LogP contribution in [0.15, 0.2) is 0 Å². The minimum Gasteiger partial charge on any atom is -0.450 e. The Bertz CT molecular complexity index is 1250. The second-order valence-corrected chi connectivity index (χ2v) is 16.7. The highest BCUT2D eigenvalue weighted by Gasteiger charge is 2.41. The van der Waals surface area contributed by atoms with Crippen molar-refractivity contribution >= 4 is 24.4 Å². The van der Waals surface area contributed by atoms with Gasteiger partial charge in [-0.3, -0.25) is 0 Å². The van der Waals surface area contributed by atoms with Gasteiger partial charge in [0.1, 0.15) is 0 Å². The maximum absolute atomic E-state index is 12.2. The van der Waals surface area contributed by atoms with E-state index in [1.807, 2.05) is 27.7 Å². The van der Waals surface area contributed by atoms with Gasteiger partial charge in [0.05, 0.1) is 99.4 Å². The van der Waals surface area contributed by atoms with Gasteiger partial charge in [-0.1, -0.05) is 0 Å². The highest BCUT2D eigenvalue weighted by Crippen LogP contribution is 2.26. The van der Waals surface area contributed by atoms with Crippen molar-refractivity contribution in [1.29, 1.82) is 0 Å². The van der Waals surface area contributed by atoms with Crippen LogP contribution >= 0.6 is 0 Å². The molecule has 4 N–H and O–H groups in total. The summed E-state index contributed by atoms with van der Waals surface area (Å²) >= 11 is 0. The summed E-state index contributed by atoms with van der Waals surface area (Å²) in [5.41, 5.74) is 0. The van der Waals surface area contributed by atoms with Gasteiger partial charge in [0.15, 0.2) is 25.2 Å². The van der Waals surface area contributed by atoms with Crippen molar-refractivity contribution in [2.24, 2.45) is 0 Å². The number of rotatable bonds is 22. The SMILES string of the molecule is CO[C@H]1C[C@H](OC)[C@H](NC(=O)OCCCCOC(=O)N[C@@H]2[C@H](C)O[C@@H](OC)C[C@@H]2OC)[C@H](C)O1.CO[C@H]1C[C@H](OC)[C@H](NC(=O)OCCCCOC(=O)N[C@@H]2[C@H](C)O[C@@H](OC)C[C@@H]2OC)[C@H](C)O1. The molecule has 0 aliphatic carbocycles. The number of hydrogen-bond donors (Lipinski definition) is 4. The molecule has 24 heteroatoms. The average Bonchev–Trinajstić information content (AvgIpc) is 3.33. The molecule has 4 fully saturated rings. The van der Waals surface area contributed by atoms with Crippen molar-refractivity contribution in [3.63, 3.8) is 0 Å². The lowest BCUT2D eigenvalue weighted by Crippen LogP contribution is -2.57. The molecular weight excluding hydrogens is 904 g/mol. The van der Waals surface area contributed by atoms with Gasteiger partial charge in [0.2, 0.25) is 0 Å². The van der Waals surface area contributed by atoms with E-state index in [0.717, 1.165) is 0 Å². The van der Waals surface area contributed by atoms with E-state index in [-0.39, 0.29) is 125 Å². The van der Waals surface area contributed by atoms with Crippen molar-refractivity contribution in [1.82, 2.24) is 21.3 Å². The number of unbranched alkanes of at least 4 members (excludes halogenated alkanes) is 2. The van der Waals surface area contributed by atoms with E-state index in [2.05, 4.69) is 21.3 Å². The van der Waals surface area contributed by atoms with Crippen LogP contribution in [0.3, 0.4) is 0 Å². The predicted molar refractivity (Wildman–Crippen MR) is 239 cm³/mol. The second kappa shape index (κ2) is 31.7. The van der Waals surface area contributed by atoms with Crippen LogP contribution in [0, 0.1) is 0 Å². The third kappa shape index (κ3) is 19.4. The Labute approximate surface area is 400 Å². The molecule has 0 aromatic rings. The van der Waals surface area contributed by atoms with E-state index >= 15 is 0 Å². The molecule has 0 radical (unpaired) electrons. The van der Waals surface area contributed by atoms with Gasteiger partial charge in [0, 0.05) is 82.6 Å². The Morgan fingerprint density at radius 1 is 0.353 bits per heavy atom. The van der Waals surface area contributed by atoms with Crippen LogP contribution in [0.25, 0.3) is 0 Å². The Balaban J connectivity index is 0.000000360. The summed E-state index contributed by atoms with van der Waals surface area (Å²) < 4.78 is 86.5. The molecule has 0 spiro atoms. The topological polar surface area (TPSA) is 264 Å². The van der Waals surface area contributed by atoms with Crippen molar-refractivity contribution in [2.75, 3.05) is 83.3 Å². The third-order valence-electron chi connectivity index (χ3n) is 12.2. The summed E-state index contributed by atoms with van der Waals surface area (Å²) in [5, 5.41) is 11.2. The van der Waals surface area contributed by atoms with Gasteiger partial charge in [-0.05, 0) is 53.4 Å². The summed E-state index contributed by atoms with van der Waals surface area (Å²) in [6.07, 6.45) is -1.69. The van der Waals surface area contributed by atoms with E-state index in [4.69, 9.17) is 75.8 Å². The Morgan fingerprint density at radius 3 is 0.706 bits per heavy atom. The van der Waals surface area contributed by atoms with Crippen molar-refractivity contribution in [3.8, 4) is 0 Å². The molecule has 0 aromatic heterocycles. The number of carbonyl (C=O) groups excluding carboxylic acids is 4. The number of carbonyl (C=O) groups is 4. The fourth-order valence-corrected chi connectivity index (χ4v) is 8.27. The van der Waals surface area contributed by atoms with E-state index in [1.165, 1.54) is 0 Å². The van der Waals surface area contributed by atoms with E-state index in [1.54, 1.807) is 56.9 Å². The highest BCUT2D eigenvalue weighted by molar-refractivity contribution is 5.69. The number of ether oxygens (including phenoxy) is 16. The smallest absolute Gasteiger partial charge is 0.407 e. The first-order chi connectivity index (χ1) is 32.6. The van der Waals surface area contributed by atoms with E-state index in [9.17, 15) is 19.2 Å². The molecule has 0 unspecified atom stereocenters. The van der Waals surface area contributed by atoms with Gasteiger partial charge in [-0.25, -0.2) is 19.2 Å². The van der Waals surface area contributed by atoms with Crippen LogP contribution in [0.5, 0.6) is 0 Å². The van der Waals surface area contributed by atoms with Gasteiger partial charge in [-0.2, -0.15) is 0 Å². The highest BCUT2D eigenvalue weighted by atomic mass is 16.7. The van der Waals surface area contributed by atoms with Crippen LogP contribution in [0.4, 0.5) is 19.2 Å². The summed E-state index contributed by atoms with van der Waals surface area (Å²) in [7, 11) is 12.6. The Hall–Kier alpha value is -3.40. The van der Waals surface area contributed by atoms with Crippen molar-refractivity contribution < 1.29 is 95.0 Å². The van der Waals surface area contributed by atoms with E-state index < -0.39 is 24.4 Å². The number of nitrogens with one attached hydrogen (secondary N) is 4. The van der Waals surface area contributed by atoms with Crippen LogP contribution in [-0.2, 0) is 75.8 Å². The lowest BCUT2D eigenvalue weighted by atomic mass is 9.99. The average molecular weight is 985 g/mol. The Morgan fingerprint density at radius 2 is 0.544 bits per heavy atom. The predicted octanol–water partition coefficient (Wildman–Crippen LogP) is 3.10. The van der Waals surface area contributed by atoms with Gasteiger partial charge < -0.3 is 97.1 Å². The zero-order valence-electron chi connectivity index (χ0n) is 41.9. The zero-order valence-corrected chi connectivity index (χ0v) is 41.9. The van der Waals surface area contributed by atoms with Crippen LogP contribution in [-0.4, -0.2) is 206 Å². The molecule has 16 atom stereocenters. The molecule has 0 bridgehead atoms. The minimum atomic E-state index is -0.553. The maximum atomic E-state index is 12.2. The molecule has 24 nitrogen and oxygen atoms in total. The maximum Gasteiger partial charge on any atom is 0.407 e. The first-order valence-corrected chi connectivity index (χ1v) is 23.2. The summed E-state index contributed by atoms with van der Waals surface area (Å²) in [5.74, 6) is 0. The number of hydrogen-bond acceptors (Lipinski definition) is 20. The number of alkyl carbamates (subject to hydrolysis) is 4. The standard InChI is InChI=1S/2C22H40N2O10/c2*1-13-19(15(27-3)11-17(29-5)33-13)23-21(25)31-9-7-8-10-32-22(26)24-20-14(2)34-18(30-6)12-16(20)28-4/h2*13-20H,7-12H2,1-6H3,(H,23,25)(H,24,26)/t2*13-,14-,15-,16-,17+,18+,19+,20+/m00/s1. The van der Waals surface area contributed by atoms with Gasteiger partial charge in [-0.15, -0.1) is 0 Å². The molecule has 4 aliphatic rings. The molecule has 4 saturated heterocycles. The van der Waals surface area contributed by atoms with E-state index in [0.29, 0.717) is 51.4 Å². The molecule has 4 heterocycles. The molecule has 4 amide bonds. The molecule has 396 valence electrons. The first-order valence-electron chi connectivity index (χ1n) is 23.2. The summed E-state index contributed by atoms with van der Waals surface area (Å²) in [6.45, 7) is 8.13. The lowest BCUT2D eigenvalue weighted by molar-refractivity contribution is -0.213. The van der Waals surface area contributed by atoms with Crippen LogP contribution in [0.2, 0.25) is 0 Å². The van der Waals surface area contributed by atoms with Crippen molar-refractivity contribution in [2.45, 2.75) is 177 Å². The zero-order chi connectivity index (χ0) is 50.2. The fourth-order valence-electron chi connectivity index (χ4n) is 8.27. The normalized spacial score (nSPS) is 33.7. The summed E-state index contributed by atoms with van der Waals surface area (Å²) in [6, 6.07) is -1.40.